The standard InChI is InChI=1S/C7H13N2O3PS3/c1-4-12-7-9-8-6(16-7)5-15-13(14,10-2)11-3/h4-5H2,1-3H3. The highest BCUT2D eigenvalue weighted by molar-refractivity contribution is 8.67. The summed E-state index contributed by atoms with van der Waals surface area (Å²) in [5.41, 5.74) is -2.20. The van der Waals surface area contributed by atoms with Crippen LogP contribution in [-0.2, 0) is 26.6 Å². The maximum Gasteiger partial charge on any atom is 0.294 e. The van der Waals surface area contributed by atoms with E-state index in [-0.39, 0.29) is 0 Å². The molecule has 0 fully saturated rings. The van der Waals surface area contributed by atoms with Crippen molar-refractivity contribution < 1.29 is 13.8 Å². The second-order valence-electron chi connectivity index (χ2n) is 2.48. The Balaban J connectivity index is 2.50. The smallest absolute Gasteiger partial charge is 0.294 e. The van der Waals surface area contributed by atoms with Crippen molar-refractivity contribution in [3.63, 3.8) is 0 Å². The molecule has 92 valence electrons. The summed E-state index contributed by atoms with van der Waals surface area (Å²) in [6, 6.07) is 0. The van der Waals surface area contributed by atoms with E-state index in [0.29, 0.717) is 17.6 Å². The first-order valence-electron chi connectivity index (χ1n) is 4.44. The molecule has 0 radical (unpaired) electrons. The van der Waals surface area contributed by atoms with E-state index in [1.165, 1.54) is 22.7 Å². The van der Waals surface area contributed by atoms with Crippen LogP contribution in [0.4, 0.5) is 0 Å². The lowest BCUT2D eigenvalue weighted by Gasteiger charge is -2.15. The van der Waals surface area contributed by atoms with Gasteiger partial charge in [-0.15, -0.1) is 10.2 Å². The summed E-state index contributed by atoms with van der Waals surface area (Å²) in [7, 11) is 3.12. The number of nitrogens with zero attached hydrogens (tertiary/aromatic N) is 2. The van der Waals surface area contributed by atoms with E-state index in [1.54, 1.807) is 14.2 Å². The Morgan fingerprint density at radius 1 is 1.38 bits per heavy atom. The maximum absolute atomic E-state index is 5.23. The molecule has 0 aliphatic rings. The van der Waals surface area contributed by atoms with E-state index in [9.17, 15) is 0 Å². The summed E-state index contributed by atoms with van der Waals surface area (Å²) < 4.78 is 15.5. The van der Waals surface area contributed by atoms with E-state index in [4.69, 9.17) is 25.6 Å². The molecular formula is C7H13N2O3PS3. The van der Waals surface area contributed by atoms with Crippen molar-refractivity contribution in [2.75, 3.05) is 20.8 Å². The lowest BCUT2D eigenvalue weighted by Crippen LogP contribution is -1.89. The molecule has 0 aliphatic heterocycles. The SMILES string of the molecule is CCOc1nnc(CSP(=S)(OC)OC)s1. The topological polar surface area (TPSA) is 53.5 Å². The fourth-order valence-corrected chi connectivity index (χ4v) is 4.64. The molecule has 1 rings (SSSR count). The van der Waals surface area contributed by atoms with Crippen LogP contribution in [0.2, 0.25) is 0 Å². The Labute approximate surface area is 108 Å². The zero-order chi connectivity index (χ0) is 12.0. The monoisotopic (exact) mass is 300 g/mol. The van der Waals surface area contributed by atoms with Crippen LogP contribution in [0.5, 0.6) is 5.19 Å². The maximum atomic E-state index is 5.23. The molecule has 0 amide bonds. The number of aromatic nitrogens is 2. The second-order valence-corrected chi connectivity index (χ2v) is 10.0. The van der Waals surface area contributed by atoms with Crippen LogP contribution in [0.3, 0.4) is 0 Å². The quantitative estimate of drug-likeness (QED) is 0.717. The molecule has 16 heavy (non-hydrogen) atoms. The third kappa shape index (κ3) is 4.27. The van der Waals surface area contributed by atoms with Crippen LogP contribution in [0.1, 0.15) is 11.9 Å². The van der Waals surface area contributed by atoms with Crippen molar-refractivity contribution in [2.24, 2.45) is 0 Å². The van der Waals surface area contributed by atoms with Gasteiger partial charge in [0.1, 0.15) is 5.01 Å². The molecule has 0 aliphatic carbocycles. The summed E-state index contributed by atoms with van der Waals surface area (Å²) in [5.74, 6) is 0.629. The summed E-state index contributed by atoms with van der Waals surface area (Å²) in [6.07, 6.45) is 0. The average Bonchev–Trinajstić information content (AvgIpc) is 2.74. The van der Waals surface area contributed by atoms with Crippen molar-refractivity contribution in [2.45, 2.75) is 12.7 Å². The van der Waals surface area contributed by atoms with Crippen molar-refractivity contribution in [1.82, 2.24) is 10.2 Å². The first kappa shape index (κ1) is 14.3. The average molecular weight is 300 g/mol. The van der Waals surface area contributed by atoms with Gasteiger partial charge in [0.2, 0.25) is 5.69 Å². The van der Waals surface area contributed by atoms with Crippen LogP contribution in [0.25, 0.3) is 0 Å². The highest BCUT2D eigenvalue weighted by Gasteiger charge is 2.17. The van der Waals surface area contributed by atoms with Crippen molar-refractivity contribution in [3.8, 4) is 5.19 Å². The van der Waals surface area contributed by atoms with Crippen LogP contribution < -0.4 is 4.74 Å². The summed E-state index contributed by atoms with van der Waals surface area (Å²) >= 11 is 8.07. The number of ether oxygens (including phenoxy) is 1. The van der Waals surface area contributed by atoms with E-state index in [2.05, 4.69) is 10.2 Å². The Hall–Kier alpha value is 0.280. The molecule has 0 atom stereocenters. The molecule has 0 N–H and O–H groups in total. The summed E-state index contributed by atoms with van der Waals surface area (Å²) in [5, 5.41) is 9.32. The third-order valence-corrected chi connectivity index (χ3v) is 8.21. The zero-order valence-corrected chi connectivity index (χ0v) is 12.5. The van der Waals surface area contributed by atoms with E-state index in [0.717, 1.165) is 5.01 Å². The summed E-state index contributed by atoms with van der Waals surface area (Å²) in [4.78, 5) is 0. The fraction of sp³-hybridized carbons (Fsp3) is 0.714. The third-order valence-electron chi connectivity index (χ3n) is 1.51. The minimum atomic E-state index is -2.20. The van der Waals surface area contributed by atoms with Gasteiger partial charge in [-0.1, -0.05) is 22.7 Å². The van der Waals surface area contributed by atoms with Crippen LogP contribution >= 0.6 is 28.4 Å². The molecule has 1 aromatic rings. The number of hydrogen-bond acceptors (Lipinski definition) is 8. The van der Waals surface area contributed by atoms with E-state index in [1.807, 2.05) is 6.92 Å². The van der Waals surface area contributed by atoms with Crippen LogP contribution in [0.15, 0.2) is 0 Å². The Bertz CT molecular complexity index is 366. The predicted octanol–water partition coefficient (Wildman–Crippen LogP) is 2.69. The van der Waals surface area contributed by atoms with Gasteiger partial charge < -0.3 is 13.8 Å². The van der Waals surface area contributed by atoms with Gasteiger partial charge in [0.25, 0.3) is 5.19 Å². The van der Waals surface area contributed by atoms with Crippen LogP contribution in [0, 0.1) is 0 Å². The molecule has 0 unspecified atom stereocenters. The Morgan fingerprint density at radius 3 is 2.62 bits per heavy atom. The van der Waals surface area contributed by atoms with Gasteiger partial charge in [0.05, 0.1) is 12.4 Å². The molecule has 0 aromatic carbocycles. The predicted molar refractivity (Wildman–Crippen MR) is 70.7 cm³/mol. The Kier molecular flexibility index (Phi) is 6.17. The van der Waals surface area contributed by atoms with Crippen LogP contribution in [-0.4, -0.2) is 31.0 Å². The van der Waals surface area contributed by atoms with E-state index >= 15 is 0 Å². The zero-order valence-electron chi connectivity index (χ0n) is 9.21. The Morgan fingerprint density at radius 2 is 2.06 bits per heavy atom. The number of hydrogen-bond donors (Lipinski definition) is 0. The first-order chi connectivity index (χ1) is 7.63. The van der Waals surface area contributed by atoms with Crippen molar-refractivity contribution in [1.29, 1.82) is 0 Å². The minimum Gasteiger partial charge on any atom is -0.469 e. The normalized spacial score (nSPS) is 11.7. The van der Waals surface area contributed by atoms with Gasteiger partial charge in [0, 0.05) is 14.2 Å². The minimum absolute atomic E-state index is 0.584. The molecule has 0 saturated carbocycles. The lowest BCUT2D eigenvalue weighted by atomic mass is 10.9. The van der Waals surface area contributed by atoms with E-state index < -0.39 is 5.69 Å². The molecular weight excluding hydrogens is 287 g/mol. The van der Waals surface area contributed by atoms with Crippen molar-refractivity contribution in [3.05, 3.63) is 5.01 Å². The van der Waals surface area contributed by atoms with Gasteiger partial charge >= 0.3 is 0 Å². The largest absolute Gasteiger partial charge is 0.469 e. The highest BCUT2D eigenvalue weighted by Crippen LogP contribution is 2.60. The number of rotatable bonds is 7. The molecule has 1 heterocycles. The lowest BCUT2D eigenvalue weighted by molar-refractivity contribution is 0.335. The fourth-order valence-electron chi connectivity index (χ4n) is 0.793. The first-order valence-corrected chi connectivity index (χ1v) is 9.49. The van der Waals surface area contributed by atoms with Crippen molar-refractivity contribution >= 4 is 40.2 Å². The summed E-state index contributed by atoms with van der Waals surface area (Å²) in [6.45, 7) is 2.50. The van der Waals surface area contributed by atoms with Gasteiger partial charge in [0.15, 0.2) is 0 Å². The molecule has 9 heteroatoms. The second kappa shape index (κ2) is 6.88. The molecule has 0 bridgehead atoms. The highest BCUT2D eigenvalue weighted by atomic mass is 32.9. The molecule has 1 aromatic heterocycles. The van der Waals surface area contributed by atoms with Gasteiger partial charge in [-0.2, -0.15) is 0 Å². The molecule has 0 saturated heterocycles. The molecule has 0 spiro atoms. The molecule has 5 nitrogen and oxygen atoms in total. The van der Waals surface area contributed by atoms with Gasteiger partial charge in [-0.3, -0.25) is 0 Å². The van der Waals surface area contributed by atoms with Gasteiger partial charge in [-0.25, -0.2) is 0 Å². The van der Waals surface area contributed by atoms with Gasteiger partial charge in [-0.05, 0) is 18.7 Å².